The number of fused-ring (bicyclic) bond motifs is 1. The Morgan fingerprint density at radius 2 is 1.76 bits per heavy atom. The number of hydrogen-bond acceptors (Lipinski definition) is 6. The van der Waals surface area contributed by atoms with Gasteiger partial charge in [0.25, 0.3) is 0 Å². The van der Waals surface area contributed by atoms with Gasteiger partial charge < -0.3 is 19.7 Å². The van der Waals surface area contributed by atoms with Gasteiger partial charge in [0.1, 0.15) is 31.6 Å². The van der Waals surface area contributed by atoms with E-state index in [2.05, 4.69) is 5.32 Å². The molecular weight excluding hydrogens is 501 g/mol. The Bertz CT molecular complexity index is 1250. The van der Waals surface area contributed by atoms with E-state index in [4.69, 9.17) is 9.47 Å². The van der Waals surface area contributed by atoms with Gasteiger partial charge in [0.05, 0.1) is 11.9 Å². The van der Waals surface area contributed by atoms with Crippen LogP contribution in [0, 0.1) is 5.82 Å². The molecule has 1 fully saturated rings. The van der Waals surface area contributed by atoms with E-state index in [0.29, 0.717) is 24.7 Å². The molecule has 0 radical (unpaired) electrons. The van der Waals surface area contributed by atoms with Crippen LogP contribution in [0.1, 0.15) is 38.2 Å². The lowest BCUT2D eigenvalue weighted by atomic mass is 10.1. The first-order valence-corrected chi connectivity index (χ1v) is 14.2. The number of benzene rings is 2. The fraction of sp³-hybridized carbons (Fsp3) is 0.462. The first-order valence-electron chi connectivity index (χ1n) is 12.3. The zero-order chi connectivity index (χ0) is 26.6. The first kappa shape index (κ1) is 26.7. The van der Waals surface area contributed by atoms with Crippen LogP contribution < -0.4 is 19.1 Å². The molecule has 200 valence electrons. The highest BCUT2D eigenvalue weighted by Gasteiger charge is 2.32. The Kier molecular flexibility index (Phi) is 8.21. The van der Waals surface area contributed by atoms with E-state index in [1.807, 2.05) is 0 Å². The number of amides is 2. The second-order valence-corrected chi connectivity index (χ2v) is 11.3. The standard InChI is InChI=1S/C26H32FN3O6S/c1-18(26(32)28-20-8-4-5-9-20)29(16-19-7-3-6-10-22(19)27)25(31)17-30(37(2,33)34)21-11-12-23-24(15-21)36-14-13-35-23/h3,6-7,10-12,15,18,20H,4-5,8-9,13-14,16-17H2,1-2H3,(H,28,32)/t18-/m1/s1. The highest BCUT2D eigenvalue weighted by molar-refractivity contribution is 7.92. The van der Waals surface area contributed by atoms with Gasteiger partial charge in [-0.25, -0.2) is 12.8 Å². The van der Waals surface area contributed by atoms with Crippen molar-refractivity contribution in [3.05, 3.63) is 53.8 Å². The third-order valence-corrected chi connectivity index (χ3v) is 7.80. The predicted molar refractivity (Wildman–Crippen MR) is 136 cm³/mol. The number of ether oxygens (including phenoxy) is 2. The van der Waals surface area contributed by atoms with Crippen molar-refractivity contribution in [2.75, 3.05) is 30.3 Å². The summed E-state index contributed by atoms with van der Waals surface area (Å²) in [5, 5.41) is 2.97. The molecule has 1 N–H and O–H groups in total. The molecule has 0 spiro atoms. The average Bonchev–Trinajstić information content (AvgIpc) is 3.38. The molecule has 2 aromatic rings. The van der Waals surface area contributed by atoms with Crippen LogP contribution in [0.5, 0.6) is 11.5 Å². The number of carbonyl (C=O) groups excluding carboxylic acids is 2. The molecule has 37 heavy (non-hydrogen) atoms. The van der Waals surface area contributed by atoms with Gasteiger partial charge in [-0.2, -0.15) is 0 Å². The van der Waals surface area contributed by atoms with Gasteiger partial charge in [-0.1, -0.05) is 31.0 Å². The van der Waals surface area contributed by atoms with Gasteiger partial charge in [0.15, 0.2) is 11.5 Å². The SMILES string of the molecule is C[C@H](C(=O)NC1CCCC1)N(Cc1ccccc1F)C(=O)CN(c1ccc2c(c1)OCCO2)S(C)(=O)=O. The van der Waals surface area contributed by atoms with Crippen molar-refractivity contribution in [1.29, 1.82) is 0 Å². The van der Waals surface area contributed by atoms with Crippen LogP contribution in [0.4, 0.5) is 10.1 Å². The lowest BCUT2D eigenvalue weighted by Gasteiger charge is -2.32. The Balaban J connectivity index is 1.61. The molecule has 2 amide bonds. The van der Waals surface area contributed by atoms with Crippen LogP contribution in [-0.4, -0.2) is 63.2 Å². The molecule has 1 heterocycles. The molecule has 11 heteroatoms. The van der Waals surface area contributed by atoms with Crippen LogP contribution in [0.25, 0.3) is 0 Å². The third-order valence-electron chi connectivity index (χ3n) is 6.66. The number of anilines is 1. The molecule has 1 atom stereocenters. The molecule has 1 aliphatic heterocycles. The van der Waals surface area contributed by atoms with Crippen molar-refractivity contribution in [3.8, 4) is 11.5 Å². The minimum atomic E-state index is -3.90. The number of halogens is 1. The van der Waals surface area contributed by atoms with Crippen molar-refractivity contribution < 1.29 is 31.9 Å². The molecule has 0 saturated heterocycles. The topological polar surface area (TPSA) is 105 Å². The molecule has 0 aromatic heterocycles. The number of nitrogens with zero attached hydrogens (tertiary/aromatic N) is 2. The van der Waals surface area contributed by atoms with Crippen molar-refractivity contribution in [1.82, 2.24) is 10.2 Å². The van der Waals surface area contributed by atoms with Gasteiger partial charge in [-0.3, -0.25) is 13.9 Å². The lowest BCUT2D eigenvalue weighted by Crippen LogP contribution is -2.52. The van der Waals surface area contributed by atoms with Crippen LogP contribution >= 0.6 is 0 Å². The minimum absolute atomic E-state index is 0.0330. The summed E-state index contributed by atoms with van der Waals surface area (Å²) in [6.07, 6.45) is 4.78. The molecule has 2 aromatic carbocycles. The lowest BCUT2D eigenvalue weighted by molar-refractivity contribution is -0.139. The number of carbonyl (C=O) groups is 2. The van der Waals surface area contributed by atoms with Crippen molar-refractivity contribution in [3.63, 3.8) is 0 Å². The quantitative estimate of drug-likeness (QED) is 0.532. The largest absolute Gasteiger partial charge is 0.486 e. The van der Waals surface area contributed by atoms with Gasteiger partial charge in [0.2, 0.25) is 21.8 Å². The van der Waals surface area contributed by atoms with E-state index in [1.54, 1.807) is 19.1 Å². The van der Waals surface area contributed by atoms with Gasteiger partial charge in [-0.05, 0) is 38.0 Å². The summed E-state index contributed by atoms with van der Waals surface area (Å²) in [6.45, 7) is 1.50. The molecular formula is C26H32FN3O6S. The third kappa shape index (κ3) is 6.51. The second-order valence-electron chi connectivity index (χ2n) is 9.38. The van der Waals surface area contributed by atoms with Crippen molar-refractivity contribution in [2.24, 2.45) is 0 Å². The van der Waals surface area contributed by atoms with Crippen molar-refractivity contribution >= 4 is 27.5 Å². The maximum Gasteiger partial charge on any atom is 0.244 e. The molecule has 0 unspecified atom stereocenters. The normalized spacial score (nSPS) is 16.2. The van der Waals surface area contributed by atoms with E-state index in [-0.39, 0.29) is 29.7 Å². The summed E-state index contributed by atoms with van der Waals surface area (Å²) >= 11 is 0. The maximum absolute atomic E-state index is 14.5. The summed E-state index contributed by atoms with van der Waals surface area (Å²) in [5.41, 5.74) is 0.440. The average molecular weight is 534 g/mol. The first-order chi connectivity index (χ1) is 17.6. The Hall–Kier alpha value is -3.34. The smallest absolute Gasteiger partial charge is 0.244 e. The number of sulfonamides is 1. The summed E-state index contributed by atoms with van der Waals surface area (Å²) in [6, 6.07) is 9.68. The van der Waals surface area contributed by atoms with E-state index >= 15 is 0 Å². The fourth-order valence-corrected chi connectivity index (χ4v) is 5.43. The van der Waals surface area contributed by atoms with Crippen LogP contribution in [-0.2, 0) is 26.2 Å². The highest BCUT2D eigenvalue weighted by Crippen LogP contribution is 2.34. The predicted octanol–water partition coefficient (Wildman–Crippen LogP) is 2.84. The summed E-state index contributed by atoms with van der Waals surface area (Å²) in [7, 11) is -3.90. The van der Waals surface area contributed by atoms with Crippen molar-refractivity contribution in [2.45, 2.75) is 51.2 Å². The van der Waals surface area contributed by atoms with Gasteiger partial charge in [-0.15, -0.1) is 0 Å². The zero-order valence-corrected chi connectivity index (χ0v) is 21.8. The Morgan fingerprint density at radius 1 is 1.08 bits per heavy atom. The van der Waals surface area contributed by atoms with E-state index in [9.17, 15) is 22.4 Å². The molecule has 4 rings (SSSR count). The van der Waals surface area contributed by atoms with Gasteiger partial charge >= 0.3 is 0 Å². The summed E-state index contributed by atoms with van der Waals surface area (Å²) in [5.74, 6) is -0.666. The van der Waals surface area contributed by atoms with Crippen LogP contribution in [0.2, 0.25) is 0 Å². The second kappa shape index (κ2) is 11.4. The molecule has 1 aliphatic carbocycles. The maximum atomic E-state index is 14.5. The summed E-state index contributed by atoms with van der Waals surface area (Å²) in [4.78, 5) is 27.9. The molecule has 9 nitrogen and oxygen atoms in total. The zero-order valence-electron chi connectivity index (χ0n) is 21.0. The molecule has 1 saturated carbocycles. The van der Waals surface area contributed by atoms with Crippen LogP contribution in [0.3, 0.4) is 0 Å². The summed E-state index contributed by atoms with van der Waals surface area (Å²) < 4.78 is 52.0. The fourth-order valence-electron chi connectivity index (χ4n) is 4.59. The van der Waals surface area contributed by atoms with E-state index < -0.39 is 34.3 Å². The number of nitrogens with one attached hydrogen (secondary N) is 1. The monoisotopic (exact) mass is 533 g/mol. The van der Waals surface area contributed by atoms with E-state index in [0.717, 1.165) is 36.2 Å². The highest BCUT2D eigenvalue weighted by atomic mass is 32.2. The van der Waals surface area contributed by atoms with Crippen LogP contribution in [0.15, 0.2) is 42.5 Å². The van der Waals surface area contributed by atoms with E-state index in [1.165, 1.54) is 35.2 Å². The Morgan fingerprint density at radius 3 is 2.43 bits per heavy atom. The Labute approximate surface area is 216 Å². The minimum Gasteiger partial charge on any atom is -0.486 e. The molecule has 2 aliphatic rings. The number of hydrogen-bond donors (Lipinski definition) is 1. The molecule has 0 bridgehead atoms. The van der Waals surface area contributed by atoms with Gasteiger partial charge in [0, 0.05) is 24.2 Å². The number of rotatable bonds is 9.